The molecular formula is C8H12N4O3. The highest BCUT2D eigenvalue weighted by molar-refractivity contribution is 5.92. The minimum atomic E-state index is -0.632. The van der Waals surface area contributed by atoms with Crippen molar-refractivity contribution in [3.05, 3.63) is 21.9 Å². The van der Waals surface area contributed by atoms with E-state index in [1.54, 1.807) is 0 Å². The number of carbonyl (C=O) groups excluding carboxylic acids is 1. The molecule has 7 nitrogen and oxygen atoms in total. The van der Waals surface area contributed by atoms with Crippen molar-refractivity contribution in [2.24, 2.45) is 0 Å². The van der Waals surface area contributed by atoms with Gasteiger partial charge < -0.3 is 15.4 Å². The molecule has 82 valence electrons. The van der Waals surface area contributed by atoms with Crippen molar-refractivity contribution < 1.29 is 9.72 Å². The maximum absolute atomic E-state index is 11.4. The van der Waals surface area contributed by atoms with Gasteiger partial charge in [-0.2, -0.15) is 0 Å². The molecule has 0 aliphatic heterocycles. The summed E-state index contributed by atoms with van der Waals surface area (Å²) in [6.45, 7) is 3.77. The second-order valence-corrected chi connectivity index (χ2v) is 3.18. The molecule has 1 rings (SSSR count). The first kappa shape index (κ1) is 11.2. The summed E-state index contributed by atoms with van der Waals surface area (Å²) in [6, 6.07) is 1.13. The van der Waals surface area contributed by atoms with Gasteiger partial charge in [0, 0.05) is 6.04 Å². The number of carbonyl (C=O) groups is 1. The Hall–Kier alpha value is -1.92. The molecule has 1 aromatic rings. The summed E-state index contributed by atoms with van der Waals surface area (Å²) in [6.07, 6.45) is 0.790. The van der Waals surface area contributed by atoms with Crippen molar-refractivity contribution in [1.29, 1.82) is 0 Å². The van der Waals surface area contributed by atoms with Crippen LogP contribution in [0.25, 0.3) is 0 Å². The van der Waals surface area contributed by atoms with Gasteiger partial charge >= 0.3 is 5.82 Å². The van der Waals surface area contributed by atoms with Crippen molar-refractivity contribution in [1.82, 2.24) is 15.5 Å². The molecule has 7 heteroatoms. The highest BCUT2D eigenvalue weighted by Gasteiger charge is 2.17. The molecule has 2 N–H and O–H groups in total. The van der Waals surface area contributed by atoms with Crippen molar-refractivity contribution in [2.45, 2.75) is 26.3 Å². The van der Waals surface area contributed by atoms with Crippen LogP contribution in [0.1, 0.15) is 30.8 Å². The van der Waals surface area contributed by atoms with E-state index in [0.717, 1.165) is 12.5 Å². The zero-order valence-electron chi connectivity index (χ0n) is 8.48. The van der Waals surface area contributed by atoms with E-state index in [9.17, 15) is 14.9 Å². The van der Waals surface area contributed by atoms with E-state index in [1.807, 2.05) is 13.8 Å². The van der Waals surface area contributed by atoms with Crippen molar-refractivity contribution in [3.63, 3.8) is 0 Å². The smallest absolute Gasteiger partial charge is 0.343 e. The van der Waals surface area contributed by atoms with Gasteiger partial charge in [-0.3, -0.25) is 4.79 Å². The third-order valence-corrected chi connectivity index (χ3v) is 1.98. The fourth-order valence-corrected chi connectivity index (χ4v) is 0.921. The fraction of sp³-hybridized carbons (Fsp3) is 0.500. The fourth-order valence-electron chi connectivity index (χ4n) is 0.921. The minimum Gasteiger partial charge on any atom is -0.358 e. The number of aromatic amines is 1. The molecule has 1 unspecified atom stereocenters. The van der Waals surface area contributed by atoms with Crippen LogP contribution in [0.4, 0.5) is 5.82 Å². The van der Waals surface area contributed by atoms with Crippen LogP contribution in [0.3, 0.4) is 0 Å². The molecular weight excluding hydrogens is 200 g/mol. The van der Waals surface area contributed by atoms with Gasteiger partial charge in [0.25, 0.3) is 5.91 Å². The van der Waals surface area contributed by atoms with Crippen LogP contribution >= 0.6 is 0 Å². The van der Waals surface area contributed by atoms with Crippen molar-refractivity contribution in [3.8, 4) is 0 Å². The molecule has 0 aliphatic rings. The Morgan fingerprint density at radius 1 is 1.80 bits per heavy atom. The Kier molecular flexibility index (Phi) is 3.37. The van der Waals surface area contributed by atoms with Gasteiger partial charge in [0.05, 0.1) is 6.07 Å². The molecule has 0 bridgehead atoms. The Labute approximate surface area is 86.0 Å². The summed E-state index contributed by atoms with van der Waals surface area (Å²) in [5.41, 5.74) is 0.0296. The summed E-state index contributed by atoms with van der Waals surface area (Å²) in [4.78, 5) is 21.1. The maximum Gasteiger partial charge on any atom is 0.343 e. The summed E-state index contributed by atoms with van der Waals surface area (Å²) >= 11 is 0. The quantitative estimate of drug-likeness (QED) is 0.570. The molecule has 15 heavy (non-hydrogen) atoms. The number of H-pyrrole nitrogens is 1. The predicted molar refractivity (Wildman–Crippen MR) is 52.5 cm³/mol. The van der Waals surface area contributed by atoms with Gasteiger partial charge in [0.15, 0.2) is 5.69 Å². The predicted octanol–water partition coefficient (Wildman–Crippen LogP) is 0.846. The summed E-state index contributed by atoms with van der Waals surface area (Å²) in [5.74, 6) is -0.696. The van der Waals surface area contributed by atoms with E-state index in [-0.39, 0.29) is 17.6 Å². The third-order valence-electron chi connectivity index (χ3n) is 1.98. The van der Waals surface area contributed by atoms with E-state index in [0.29, 0.717) is 0 Å². The average molecular weight is 212 g/mol. The lowest BCUT2D eigenvalue weighted by molar-refractivity contribution is -0.389. The first-order valence-corrected chi connectivity index (χ1v) is 4.55. The molecule has 0 aliphatic carbocycles. The number of nitrogens with zero attached hydrogens (tertiary/aromatic N) is 2. The lowest BCUT2D eigenvalue weighted by atomic mass is 10.2. The number of rotatable bonds is 4. The van der Waals surface area contributed by atoms with Crippen LogP contribution in [0, 0.1) is 10.1 Å². The van der Waals surface area contributed by atoms with E-state index < -0.39 is 10.8 Å². The van der Waals surface area contributed by atoms with Gasteiger partial charge in [-0.05, 0) is 18.3 Å². The van der Waals surface area contributed by atoms with Crippen LogP contribution in [0.15, 0.2) is 6.07 Å². The number of nitrogens with one attached hydrogen (secondary N) is 2. The Bertz CT molecular complexity index is 374. The highest BCUT2D eigenvalue weighted by atomic mass is 16.6. The minimum absolute atomic E-state index is 0.0215. The second-order valence-electron chi connectivity index (χ2n) is 3.18. The van der Waals surface area contributed by atoms with Gasteiger partial charge in [-0.1, -0.05) is 12.0 Å². The molecule has 0 spiro atoms. The first-order valence-electron chi connectivity index (χ1n) is 4.55. The van der Waals surface area contributed by atoms with E-state index in [4.69, 9.17) is 0 Å². The second kappa shape index (κ2) is 4.54. The Morgan fingerprint density at radius 3 is 2.93 bits per heavy atom. The van der Waals surface area contributed by atoms with E-state index in [1.165, 1.54) is 0 Å². The van der Waals surface area contributed by atoms with Gasteiger partial charge in [0.1, 0.15) is 0 Å². The van der Waals surface area contributed by atoms with Crippen LogP contribution in [-0.2, 0) is 0 Å². The third kappa shape index (κ3) is 2.76. The Balaban J connectivity index is 2.70. The van der Waals surface area contributed by atoms with Gasteiger partial charge in [-0.15, -0.1) is 5.10 Å². The maximum atomic E-state index is 11.4. The van der Waals surface area contributed by atoms with Crippen LogP contribution in [0.5, 0.6) is 0 Å². The molecule has 0 aromatic carbocycles. The van der Waals surface area contributed by atoms with Crippen LogP contribution in [0.2, 0.25) is 0 Å². The monoisotopic (exact) mass is 212 g/mol. The summed E-state index contributed by atoms with van der Waals surface area (Å²) in [7, 11) is 0. The molecule has 1 heterocycles. The van der Waals surface area contributed by atoms with Gasteiger partial charge in [-0.25, -0.2) is 0 Å². The molecule has 0 saturated carbocycles. The normalized spacial score (nSPS) is 12.1. The largest absolute Gasteiger partial charge is 0.358 e. The van der Waals surface area contributed by atoms with Gasteiger partial charge in [0.2, 0.25) is 0 Å². The topological polar surface area (TPSA) is 101 Å². The molecule has 0 radical (unpaired) electrons. The first-order chi connectivity index (χ1) is 7.04. The zero-order valence-corrected chi connectivity index (χ0v) is 8.48. The Morgan fingerprint density at radius 2 is 2.47 bits per heavy atom. The standard InChI is InChI=1S/C8H12N4O3/c1-3-5(2)9-8(13)6-4-7(11-10-6)12(14)15/h4-5H,3H2,1-2H3,(H,9,13)(H,10,11). The molecule has 1 atom stereocenters. The lowest BCUT2D eigenvalue weighted by Crippen LogP contribution is -2.32. The molecule has 0 fully saturated rings. The lowest BCUT2D eigenvalue weighted by Gasteiger charge is -2.08. The van der Waals surface area contributed by atoms with Crippen molar-refractivity contribution in [2.75, 3.05) is 0 Å². The summed E-state index contributed by atoms with van der Waals surface area (Å²) < 4.78 is 0. The van der Waals surface area contributed by atoms with E-state index >= 15 is 0 Å². The molecule has 0 saturated heterocycles. The number of nitro groups is 1. The number of hydrogen-bond acceptors (Lipinski definition) is 4. The number of aromatic nitrogens is 2. The highest BCUT2D eigenvalue weighted by Crippen LogP contribution is 2.07. The van der Waals surface area contributed by atoms with Crippen LogP contribution < -0.4 is 5.32 Å². The van der Waals surface area contributed by atoms with Crippen LogP contribution in [-0.4, -0.2) is 27.1 Å². The number of hydrogen-bond donors (Lipinski definition) is 2. The number of amides is 1. The summed E-state index contributed by atoms with van der Waals surface area (Å²) in [5, 5.41) is 18.7. The zero-order chi connectivity index (χ0) is 11.4. The SMILES string of the molecule is CCC(C)NC(=O)c1cc([N+](=O)[O-])[nH]n1. The van der Waals surface area contributed by atoms with Crippen molar-refractivity contribution >= 4 is 11.7 Å². The molecule has 1 aromatic heterocycles. The molecule has 1 amide bonds. The average Bonchev–Trinajstić information content (AvgIpc) is 2.66. The van der Waals surface area contributed by atoms with E-state index in [2.05, 4.69) is 15.5 Å².